The zero-order chi connectivity index (χ0) is 23.3. The smallest absolute Gasteiger partial charge is 0.0972 e. The van der Waals surface area contributed by atoms with Crippen LogP contribution in [0.3, 0.4) is 0 Å². The molecule has 2 heterocycles. The largest absolute Gasteiger partial charge is 0.245 e. The molecule has 0 saturated carbocycles. The van der Waals surface area contributed by atoms with Crippen molar-refractivity contribution in [2.45, 2.75) is 13.1 Å². The van der Waals surface area contributed by atoms with E-state index in [4.69, 9.17) is 21.0 Å². The topological polar surface area (TPSA) is 123 Å². The van der Waals surface area contributed by atoms with Gasteiger partial charge in [-0.15, -0.1) is 0 Å². The van der Waals surface area contributed by atoms with Crippen molar-refractivity contribution >= 4 is 21.8 Å². The van der Waals surface area contributed by atoms with Crippen LogP contribution in [0.2, 0.25) is 0 Å². The number of pyridine rings is 2. The van der Waals surface area contributed by atoms with E-state index in [9.17, 15) is 0 Å². The Bertz CT molecular complexity index is 1470. The van der Waals surface area contributed by atoms with Crippen molar-refractivity contribution in [2.75, 3.05) is 0 Å². The van der Waals surface area contributed by atoms with Crippen LogP contribution in [0.5, 0.6) is 0 Å². The molecule has 0 unspecified atom stereocenters. The first kappa shape index (κ1) is 21.0. The Kier molecular flexibility index (Phi) is 5.74. The average molecular weight is 442 g/mol. The van der Waals surface area contributed by atoms with Crippen LogP contribution >= 0.6 is 0 Å². The van der Waals surface area contributed by atoms with Gasteiger partial charge >= 0.3 is 0 Å². The van der Waals surface area contributed by atoms with E-state index in [1.165, 1.54) is 0 Å². The summed E-state index contributed by atoms with van der Waals surface area (Å²) in [6.07, 6.45) is 0. The number of benzene rings is 3. The zero-order valence-corrected chi connectivity index (χ0v) is 18.1. The fourth-order valence-electron chi connectivity index (χ4n) is 3.88. The van der Waals surface area contributed by atoms with Crippen molar-refractivity contribution in [1.29, 1.82) is 0 Å². The predicted octanol–water partition coefficient (Wildman–Crippen LogP) is 7.74. The lowest BCUT2D eigenvalue weighted by atomic mass is 10.0. The van der Waals surface area contributed by atoms with E-state index in [0.29, 0.717) is 13.1 Å². The standard InChI is InChI=1S/C26H18N8/c27-33-29-15-17-1-5-19(6-2-17)23-13-11-21-9-10-22-12-14-24(32-26(22)25(21)31-23)20-7-3-18(4-8-20)16-30-34-28/h1-14H,15-16H2. The minimum absolute atomic E-state index is 0.325. The predicted molar refractivity (Wildman–Crippen MR) is 134 cm³/mol. The molecule has 8 nitrogen and oxygen atoms in total. The molecule has 5 rings (SSSR count). The Labute approximate surface area is 194 Å². The highest BCUT2D eigenvalue weighted by atomic mass is 15.1. The normalized spacial score (nSPS) is 10.6. The summed E-state index contributed by atoms with van der Waals surface area (Å²) < 4.78 is 0. The Morgan fingerprint density at radius 3 is 1.29 bits per heavy atom. The van der Waals surface area contributed by atoms with Gasteiger partial charge in [0.15, 0.2) is 0 Å². The lowest BCUT2D eigenvalue weighted by molar-refractivity contribution is 1.05. The van der Waals surface area contributed by atoms with Gasteiger partial charge < -0.3 is 0 Å². The second-order valence-electron chi connectivity index (χ2n) is 7.77. The molecule has 162 valence electrons. The summed E-state index contributed by atoms with van der Waals surface area (Å²) in [5.74, 6) is 0. The molecule has 0 aliphatic carbocycles. The van der Waals surface area contributed by atoms with Crippen LogP contribution in [0, 0.1) is 0 Å². The summed E-state index contributed by atoms with van der Waals surface area (Å²) in [6, 6.07) is 28.0. The van der Waals surface area contributed by atoms with Gasteiger partial charge in [0.25, 0.3) is 0 Å². The fraction of sp³-hybridized carbons (Fsp3) is 0.0769. The quantitative estimate of drug-likeness (QED) is 0.115. The molecule has 0 fully saturated rings. The summed E-state index contributed by atoms with van der Waals surface area (Å²) in [4.78, 5) is 15.5. The number of nitrogens with zero attached hydrogens (tertiary/aromatic N) is 8. The van der Waals surface area contributed by atoms with E-state index in [1.807, 2.05) is 60.7 Å². The molecular weight excluding hydrogens is 424 g/mol. The van der Waals surface area contributed by atoms with Crippen LogP contribution in [0.4, 0.5) is 0 Å². The number of fused-ring (bicyclic) bond motifs is 3. The molecule has 0 radical (unpaired) electrons. The second-order valence-corrected chi connectivity index (χ2v) is 7.77. The van der Waals surface area contributed by atoms with Gasteiger partial charge in [-0.1, -0.05) is 83.0 Å². The summed E-state index contributed by atoms with van der Waals surface area (Å²) in [7, 11) is 0. The maximum atomic E-state index is 8.51. The summed E-state index contributed by atoms with van der Waals surface area (Å²) in [6.45, 7) is 0.650. The summed E-state index contributed by atoms with van der Waals surface area (Å²) in [5, 5.41) is 9.25. The maximum absolute atomic E-state index is 8.51. The summed E-state index contributed by atoms with van der Waals surface area (Å²) in [5.41, 5.74) is 24.3. The van der Waals surface area contributed by atoms with Gasteiger partial charge in [0.05, 0.1) is 35.5 Å². The van der Waals surface area contributed by atoms with E-state index in [-0.39, 0.29) is 0 Å². The second kappa shape index (κ2) is 9.30. The Morgan fingerprint density at radius 2 is 0.912 bits per heavy atom. The third-order valence-corrected chi connectivity index (χ3v) is 5.65. The molecule has 3 aromatic carbocycles. The molecular formula is C26H18N8. The molecule has 0 aliphatic rings. The zero-order valence-electron chi connectivity index (χ0n) is 18.1. The number of hydrogen-bond donors (Lipinski definition) is 0. The molecule has 0 N–H and O–H groups in total. The van der Waals surface area contributed by atoms with Gasteiger partial charge in [-0.25, -0.2) is 9.97 Å². The first-order chi connectivity index (χ1) is 16.7. The first-order valence-electron chi connectivity index (χ1n) is 10.7. The van der Waals surface area contributed by atoms with Crippen molar-refractivity contribution in [3.05, 3.63) is 117 Å². The minimum atomic E-state index is 0.325. The highest BCUT2D eigenvalue weighted by Crippen LogP contribution is 2.29. The Balaban J connectivity index is 1.56. The first-order valence-corrected chi connectivity index (χ1v) is 10.7. The minimum Gasteiger partial charge on any atom is -0.245 e. The number of hydrogen-bond acceptors (Lipinski definition) is 4. The number of aromatic nitrogens is 2. The van der Waals surface area contributed by atoms with Gasteiger partial charge in [0.2, 0.25) is 0 Å². The van der Waals surface area contributed by atoms with Gasteiger partial charge in [0.1, 0.15) is 0 Å². The highest BCUT2D eigenvalue weighted by molar-refractivity contribution is 6.04. The number of rotatable bonds is 6. The van der Waals surface area contributed by atoms with E-state index >= 15 is 0 Å². The third-order valence-electron chi connectivity index (χ3n) is 5.65. The molecule has 0 spiro atoms. The van der Waals surface area contributed by atoms with Crippen LogP contribution in [-0.4, -0.2) is 9.97 Å². The van der Waals surface area contributed by atoms with E-state index in [2.05, 4.69) is 44.3 Å². The van der Waals surface area contributed by atoms with Gasteiger partial charge in [-0.3, -0.25) is 0 Å². The van der Waals surface area contributed by atoms with Crippen LogP contribution in [-0.2, 0) is 13.1 Å². The molecule has 0 bridgehead atoms. The SMILES string of the molecule is [N-]=[N+]=NCc1ccc(-c2ccc3ccc4ccc(-c5ccc(CN=[N+]=[N-])cc5)nc4c3n2)cc1. The van der Waals surface area contributed by atoms with Crippen LogP contribution in [0.15, 0.2) is 95.2 Å². The average Bonchev–Trinajstić information content (AvgIpc) is 2.90. The molecule has 0 saturated heterocycles. The molecule has 34 heavy (non-hydrogen) atoms. The van der Waals surface area contributed by atoms with Crippen molar-refractivity contribution in [2.24, 2.45) is 10.2 Å². The Hall–Kier alpha value is -4.90. The van der Waals surface area contributed by atoms with E-state index < -0.39 is 0 Å². The van der Waals surface area contributed by atoms with Crippen molar-refractivity contribution in [3.8, 4) is 22.5 Å². The lowest BCUT2D eigenvalue weighted by Crippen LogP contribution is -1.91. The van der Waals surface area contributed by atoms with Crippen LogP contribution in [0.25, 0.3) is 65.2 Å². The van der Waals surface area contributed by atoms with Crippen LogP contribution < -0.4 is 0 Å². The van der Waals surface area contributed by atoms with E-state index in [0.717, 1.165) is 55.4 Å². The monoisotopic (exact) mass is 442 g/mol. The molecule has 5 aromatic rings. The van der Waals surface area contributed by atoms with E-state index in [1.54, 1.807) is 0 Å². The van der Waals surface area contributed by atoms with Gasteiger partial charge in [0, 0.05) is 31.7 Å². The fourth-order valence-corrected chi connectivity index (χ4v) is 3.88. The number of azide groups is 2. The lowest BCUT2D eigenvalue weighted by Gasteiger charge is -2.09. The molecule has 8 heteroatoms. The van der Waals surface area contributed by atoms with Crippen LogP contribution in [0.1, 0.15) is 11.1 Å². The summed E-state index contributed by atoms with van der Waals surface area (Å²) >= 11 is 0. The highest BCUT2D eigenvalue weighted by Gasteiger charge is 2.09. The Morgan fingerprint density at radius 1 is 0.529 bits per heavy atom. The molecule has 0 aliphatic heterocycles. The van der Waals surface area contributed by atoms with Crippen molar-refractivity contribution in [1.82, 2.24) is 9.97 Å². The van der Waals surface area contributed by atoms with Crippen molar-refractivity contribution < 1.29 is 0 Å². The maximum Gasteiger partial charge on any atom is 0.0972 e. The molecule has 0 amide bonds. The van der Waals surface area contributed by atoms with Gasteiger partial charge in [-0.2, -0.15) is 0 Å². The molecule has 0 atom stereocenters. The molecule has 2 aromatic heterocycles. The van der Waals surface area contributed by atoms with Gasteiger partial charge in [-0.05, 0) is 34.3 Å². The van der Waals surface area contributed by atoms with Crippen molar-refractivity contribution in [3.63, 3.8) is 0 Å². The third kappa shape index (κ3) is 4.23.